The summed E-state index contributed by atoms with van der Waals surface area (Å²) in [6, 6.07) is 14.6. The number of rotatable bonds is 3. The number of aliphatic hydroxyl groups is 1. The van der Waals surface area contributed by atoms with E-state index in [4.69, 9.17) is 4.63 Å². The summed E-state index contributed by atoms with van der Waals surface area (Å²) in [5, 5.41) is 22.7. The van der Waals surface area contributed by atoms with Gasteiger partial charge in [0.2, 0.25) is 0 Å². The van der Waals surface area contributed by atoms with Gasteiger partial charge < -0.3 is 10.4 Å². The van der Waals surface area contributed by atoms with E-state index in [1.807, 2.05) is 12.1 Å². The molecule has 2 aromatic carbocycles. The highest BCUT2D eigenvalue weighted by molar-refractivity contribution is 5.73. The van der Waals surface area contributed by atoms with Crippen molar-refractivity contribution < 1.29 is 9.74 Å². The van der Waals surface area contributed by atoms with Crippen LogP contribution in [0.25, 0.3) is 11.0 Å². The lowest BCUT2D eigenvalue weighted by Crippen LogP contribution is -2.48. The molecule has 27 heavy (non-hydrogen) atoms. The standard InChI is InChI=1S/C21H24N4O2/c1-25(13-14-6-7-17-18(12-14)24-27-23-17)19-15-4-2-3-5-16(15)21(20(19)26)8-10-22-11-9-21/h2-7,12,19-20,22,26H,8-11,13H2,1H3/t19-,20+/m1/s1. The zero-order chi connectivity index (χ0) is 18.4. The number of piperidine rings is 1. The number of nitrogens with zero attached hydrogens (tertiary/aromatic N) is 3. The lowest BCUT2D eigenvalue weighted by molar-refractivity contribution is 0.00421. The normalized spacial score (nSPS) is 24.0. The Bertz CT molecular complexity index is 963. The number of likely N-dealkylation sites (N-methyl/N-ethyl adjacent to an activating group) is 1. The average Bonchev–Trinajstić information content (AvgIpc) is 3.24. The summed E-state index contributed by atoms with van der Waals surface area (Å²) in [6.07, 6.45) is 1.55. The molecule has 1 fully saturated rings. The Balaban J connectivity index is 1.48. The highest BCUT2D eigenvalue weighted by Crippen LogP contribution is 2.51. The maximum absolute atomic E-state index is 11.5. The van der Waals surface area contributed by atoms with Crippen LogP contribution in [0.3, 0.4) is 0 Å². The number of hydrogen-bond acceptors (Lipinski definition) is 6. The number of fused-ring (bicyclic) bond motifs is 3. The van der Waals surface area contributed by atoms with E-state index in [-0.39, 0.29) is 11.5 Å². The first-order valence-electron chi connectivity index (χ1n) is 9.59. The Morgan fingerprint density at radius 3 is 2.78 bits per heavy atom. The molecule has 0 saturated carbocycles. The molecule has 6 heteroatoms. The number of aromatic nitrogens is 2. The molecule has 0 radical (unpaired) electrons. The smallest absolute Gasteiger partial charge is 0.135 e. The van der Waals surface area contributed by atoms with Gasteiger partial charge >= 0.3 is 0 Å². The van der Waals surface area contributed by atoms with Crippen LogP contribution in [0.5, 0.6) is 0 Å². The fourth-order valence-electron chi connectivity index (χ4n) is 5.07. The first-order chi connectivity index (χ1) is 13.2. The second-order valence-electron chi connectivity index (χ2n) is 7.89. The Morgan fingerprint density at radius 1 is 1.15 bits per heavy atom. The molecule has 6 nitrogen and oxygen atoms in total. The van der Waals surface area contributed by atoms with Crippen molar-refractivity contribution in [3.63, 3.8) is 0 Å². The molecule has 3 aromatic rings. The zero-order valence-electron chi connectivity index (χ0n) is 15.4. The second kappa shape index (κ2) is 6.41. The van der Waals surface area contributed by atoms with Crippen LogP contribution in [-0.4, -0.2) is 46.6 Å². The molecule has 1 aliphatic heterocycles. The molecule has 0 unspecified atom stereocenters. The lowest BCUT2D eigenvalue weighted by atomic mass is 9.72. The Kier molecular flexibility index (Phi) is 4.00. The fourth-order valence-corrected chi connectivity index (χ4v) is 5.07. The van der Waals surface area contributed by atoms with Crippen molar-refractivity contribution in [2.45, 2.75) is 36.9 Å². The molecule has 0 bridgehead atoms. The van der Waals surface area contributed by atoms with Crippen molar-refractivity contribution in [1.82, 2.24) is 20.5 Å². The minimum Gasteiger partial charge on any atom is -0.390 e. The molecule has 2 N–H and O–H groups in total. The van der Waals surface area contributed by atoms with Gasteiger partial charge in [0.1, 0.15) is 11.0 Å². The first-order valence-corrected chi connectivity index (χ1v) is 9.59. The average molecular weight is 364 g/mol. The summed E-state index contributed by atoms with van der Waals surface area (Å²) in [5.41, 5.74) is 5.12. The lowest BCUT2D eigenvalue weighted by Gasteiger charge is -2.40. The monoisotopic (exact) mass is 364 g/mol. The van der Waals surface area contributed by atoms with Gasteiger partial charge in [-0.25, -0.2) is 4.63 Å². The third-order valence-corrected chi connectivity index (χ3v) is 6.40. The van der Waals surface area contributed by atoms with Crippen LogP contribution < -0.4 is 5.32 Å². The minimum atomic E-state index is -0.403. The molecule has 5 rings (SSSR count). The van der Waals surface area contributed by atoms with E-state index in [9.17, 15) is 5.11 Å². The topological polar surface area (TPSA) is 74.4 Å². The molecular formula is C21H24N4O2. The molecule has 1 aromatic heterocycles. The van der Waals surface area contributed by atoms with E-state index < -0.39 is 6.10 Å². The van der Waals surface area contributed by atoms with E-state index in [1.165, 1.54) is 11.1 Å². The van der Waals surface area contributed by atoms with Gasteiger partial charge in [0.05, 0.1) is 12.1 Å². The third-order valence-electron chi connectivity index (χ3n) is 6.40. The maximum atomic E-state index is 11.5. The molecule has 140 valence electrons. The number of nitrogens with one attached hydrogen (secondary N) is 1. The van der Waals surface area contributed by atoms with Gasteiger partial charge in [-0.3, -0.25) is 4.90 Å². The number of aliphatic hydroxyl groups excluding tert-OH is 1. The summed E-state index contributed by atoms with van der Waals surface area (Å²) in [7, 11) is 2.09. The second-order valence-corrected chi connectivity index (χ2v) is 7.89. The van der Waals surface area contributed by atoms with Crippen molar-refractivity contribution in [2.75, 3.05) is 20.1 Å². The largest absolute Gasteiger partial charge is 0.390 e. The third kappa shape index (κ3) is 2.59. The Morgan fingerprint density at radius 2 is 1.93 bits per heavy atom. The van der Waals surface area contributed by atoms with Crippen molar-refractivity contribution in [2.24, 2.45) is 0 Å². The first kappa shape index (κ1) is 16.9. The quantitative estimate of drug-likeness (QED) is 0.743. The number of hydrogen-bond donors (Lipinski definition) is 2. The van der Waals surface area contributed by atoms with Gasteiger partial charge in [0.15, 0.2) is 0 Å². The molecule has 0 amide bonds. The van der Waals surface area contributed by atoms with Gasteiger partial charge in [-0.1, -0.05) is 30.3 Å². The summed E-state index contributed by atoms with van der Waals surface area (Å²) in [6.45, 7) is 2.64. The molecule has 2 atom stereocenters. The SMILES string of the molecule is CN(Cc1ccc2nonc2c1)[C@@H]1c2ccccc2C2(CCNCC2)[C@H]1O. The highest BCUT2D eigenvalue weighted by atomic mass is 16.6. The van der Waals surface area contributed by atoms with E-state index in [0.717, 1.165) is 49.1 Å². The molecular weight excluding hydrogens is 340 g/mol. The van der Waals surface area contributed by atoms with Gasteiger partial charge in [-0.2, -0.15) is 0 Å². The minimum absolute atomic E-state index is 0.00886. The summed E-state index contributed by atoms with van der Waals surface area (Å²) in [4.78, 5) is 2.26. The molecule has 2 aliphatic rings. The van der Waals surface area contributed by atoms with Crippen LogP contribution in [0, 0.1) is 0 Å². The van der Waals surface area contributed by atoms with Gasteiger partial charge in [-0.15, -0.1) is 0 Å². The van der Waals surface area contributed by atoms with Crippen LogP contribution in [0.15, 0.2) is 47.1 Å². The van der Waals surface area contributed by atoms with Crippen molar-refractivity contribution in [3.05, 3.63) is 59.2 Å². The molecule has 1 aliphatic carbocycles. The van der Waals surface area contributed by atoms with Crippen molar-refractivity contribution in [3.8, 4) is 0 Å². The molecule has 1 saturated heterocycles. The van der Waals surface area contributed by atoms with Crippen LogP contribution in [0.4, 0.5) is 0 Å². The summed E-state index contributed by atoms with van der Waals surface area (Å²) < 4.78 is 4.80. The van der Waals surface area contributed by atoms with E-state index >= 15 is 0 Å². The summed E-state index contributed by atoms with van der Waals surface area (Å²) in [5.74, 6) is 0. The van der Waals surface area contributed by atoms with Gasteiger partial charge in [0, 0.05) is 12.0 Å². The van der Waals surface area contributed by atoms with Crippen LogP contribution in [0.2, 0.25) is 0 Å². The van der Waals surface area contributed by atoms with Crippen LogP contribution in [-0.2, 0) is 12.0 Å². The predicted molar refractivity (Wildman–Crippen MR) is 102 cm³/mol. The van der Waals surface area contributed by atoms with Crippen molar-refractivity contribution >= 4 is 11.0 Å². The highest BCUT2D eigenvalue weighted by Gasteiger charge is 2.52. The van der Waals surface area contributed by atoms with Crippen LogP contribution in [0.1, 0.15) is 35.6 Å². The maximum Gasteiger partial charge on any atom is 0.135 e. The zero-order valence-corrected chi connectivity index (χ0v) is 15.4. The number of benzene rings is 2. The predicted octanol–water partition coefficient (Wildman–Crippen LogP) is 2.39. The van der Waals surface area contributed by atoms with Crippen molar-refractivity contribution in [1.29, 1.82) is 0 Å². The van der Waals surface area contributed by atoms with E-state index in [2.05, 4.69) is 57.9 Å². The van der Waals surface area contributed by atoms with E-state index in [1.54, 1.807) is 0 Å². The summed E-state index contributed by atoms with van der Waals surface area (Å²) >= 11 is 0. The Hall–Kier alpha value is -2.28. The fraction of sp³-hybridized carbons (Fsp3) is 0.429. The van der Waals surface area contributed by atoms with E-state index in [0.29, 0.717) is 0 Å². The molecule has 2 heterocycles. The van der Waals surface area contributed by atoms with Gasteiger partial charge in [0.25, 0.3) is 0 Å². The molecule has 1 spiro atoms. The Labute approximate surface area is 158 Å². The van der Waals surface area contributed by atoms with Gasteiger partial charge in [-0.05, 0) is 72.1 Å². The van der Waals surface area contributed by atoms with Crippen LogP contribution >= 0.6 is 0 Å².